The molecule has 0 aliphatic carbocycles. The van der Waals surface area contributed by atoms with Gasteiger partial charge < -0.3 is 5.73 Å². The molecule has 0 amide bonds. The fraction of sp³-hybridized carbons (Fsp3) is 0.182. The molecule has 3 heterocycles. The summed E-state index contributed by atoms with van der Waals surface area (Å²) in [6, 6.07) is 5.62. The summed E-state index contributed by atoms with van der Waals surface area (Å²) in [4.78, 5) is 0. The fourth-order valence-electron chi connectivity index (χ4n) is 1.93. The van der Waals surface area contributed by atoms with E-state index >= 15 is 0 Å². The van der Waals surface area contributed by atoms with Gasteiger partial charge in [-0.3, -0.25) is 4.68 Å². The summed E-state index contributed by atoms with van der Waals surface area (Å²) in [6.07, 6.45) is 5.36. The van der Waals surface area contributed by atoms with Crippen molar-refractivity contribution in [2.24, 2.45) is 12.8 Å². The molecule has 6 heteroatoms. The molecule has 0 aliphatic heterocycles. The lowest BCUT2D eigenvalue weighted by Gasteiger charge is -2.09. The molecule has 1 atom stereocenters. The molecule has 17 heavy (non-hydrogen) atoms. The number of aromatic nitrogens is 5. The number of pyridine rings is 1. The van der Waals surface area contributed by atoms with Gasteiger partial charge in [0.05, 0.1) is 29.6 Å². The van der Waals surface area contributed by atoms with Gasteiger partial charge in [0.15, 0.2) is 0 Å². The van der Waals surface area contributed by atoms with Crippen LogP contribution in [-0.2, 0) is 7.05 Å². The molecule has 0 spiro atoms. The van der Waals surface area contributed by atoms with Crippen molar-refractivity contribution in [2.75, 3.05) is 0 Å². The lowest BCUT2D eigenvalue weighted by atomic mass is 10.1. The Balaban J connectivity index is 2.13. The zero-order chi connectivity index (χ0) is 11.8. The van der Waals surface area contributed by atoms with E-state index in [0.717, 1.165) is 16.8 Å². The molecule has 2 N–H and O–H groups in total. The minimum Gasteiger partial charge on any atom is -0.319 e. The van der Waals surface area contributed by atoms with Gasteiger partial charge in [-0.2, -0.15) is 5.10 Å². The standard InChI is InChI=1S/C11H12N6/c1-16-10(7-13-15-16)11(12)8-6-14-17-5-3-2-4-9(8)17/h2-7,11H,12H2,1H3. The molecule has 0 aromatic carbocycles. The molecule has 6 nitrogen and oxygen atoms in total. The summed E-state index contributed by atoms with van der Waals surface area (Å²) in [5, 5.41) is 12.0. The zero-order valence-corrected chi connectivity index (χ0v) is 9.35. The highest BCUT2D eigenvalue weighted by atomic mass is 15.4. The first kappa shape index (κ1) is 9.98. The van der Waals surface area contributed by atoms with Gasteiger partial charge in [-0.1, -0.05) is 11.3 Å². The first-order chi connectivity index (χ1) is 8.27. The molecule has 0 saturated carbocycles. The average Bonchev–Trinajstić information content (AvgIpc) is 2.94. The molecule has 3 rings (SSSR count). The van der Waals surface area contributed by atoms with Crippen molar-refractivity contribution < 1.29 is 0 Å². The van der Waals surface area contributed by atoms with Crippen molar-refractivity contribution in [2.45, 2.75) is 6.04 Å². The molecule has 3 aromatic rings. The quantitative estimate of drug-likeness (QED) is 0.693. The van der Waals surface area contributed by atoms with Crippen LogP contribution >= 0.6 is 0 Å². The van der Waals surface area contributed by atoms with E-state index in [2.05, 4.69) is 15.4 Å². The van der Waals surface area contributed by atoms with Gasteiger partial charge >= 0.3 is 0 Å². The van der Waals surface area contributed by atoms with Crippen LogP contribution in [-0.4, -0.2) is 24.6 Å². The van der Waals surface area contributed by atoms with Crippen LogP contribution in [0.4, 0.5) is 0 Å². The van der Waals surface area contributed by atoms with Crippen molar-refractivity contribution in [3.05, 3.63) is 48.0 Å². The van der Waals surface area contributed by atoms with Gasteiger partial charge in [0.2, 0.25) is 0 Å². The normalized spacial score (nSPS) is 13.1. The van der Waals surface area contributed by atoms with Crippen LogP contribution in [0.1, 0.15) is 17.3 Å². The number of rotatable bonds is 2. The number of hydrogen-bond acceptors (Lipinski definition) is 4. The van der Waals surface area contributed by atoms with E-state index in [1.165, 1.54) is 0 Å². The second kappa shape index (κ2) is 3.67. The highest BCUT2D eigenvalue weighted by Crippen LogP contribution is 2.22. The minimum absolute atomic E-state index is 0.269. The van der Waals surface area contributed by atoms with E-state index in [9.17, 15) is 0 Å². The Bertz CT molecular complexity index is 653. The van der Waals surface area contributed by atoms with Crippen LogP contribution in [0.3, 0.4) is 0 Å². The molecule has 0 fully saturated rings. The Labute approximate surface area is 97.7 Å². The predicted octanol–water partition coefficient (Wildman–Crippen LogP) is 0.511. The first-order valence-corrected chi connectivity index (χ1v) is 5.30. The van der Waals surface area contributed by atoms with Gasteiger partial charge in [-0.05, 0) is 12.1 Å². The number of nitrogens with zero attached hydrogens (tertiary/aromatic N) is 5. The molecule has 0 radical (unpaired) electrons. The summed E-state index contributed by atoms with van der Waals surface area (Å²) >= 11 is 0. The highest BCUT2D eigenvalue weighted by Gasteiger charge is 2.17. The van der Waals surface area contributed by atoms with Crippen molar-refractivity contribution in [1.82, 2.24) is 24.6 Å². The van der Waals surface area contributed by atoms with Crippen LogP contribution < -0.4 is 5.73 Å². The molecule has 86 valence electrons. The largest absolute Gasteiger partial charge is 0.319 e. The topological polar surface area (TPSA) is 74.0 Å². The lowest BCUT2D eigenvalue weighted by Crippen LogP contribution is -2.15. The van der Waals surface area contributed by atoms with E-state index in [1.54, 1.807) is 21.6 Å². The van der Waals surface area contributed by atoms with Gasteiger partial charge in [-0.25, -0.2) is 4.52 Å². The van der Waals surface area contributed by atoms with Crippen molar-refractivity contribution in [3.8, 4) is 0 Å². The average molecular weight is 228 g/mol. The summed E-state index contributed by atoms with van der Waals surface area (Å²) in [5.41, 5.74) is 9.05. The molecular formula is C11H12N6. The number of fused-ring (bicyclic) bond motifs is 1. The van der Waals surface area contributed by atoms with Crippen LogP contribution in [0.2, 0.25) is 0 Å². The van der Waals surface area contributed by atoms with Crippen molar-refractivity contribution in [3.63, 3.8) is 0 Å². The molecular weight excluding hydrogens is 216 g/mol. The Morgan fingerprint density at radius 1 is 1.29 bits per heavy atom. The monoisotopic (exact) mass is 228 g/mol. The van der Waals surface area contributed by atoms with Crippen LogP contribution in [0, 0.1) is 0 Å². The minimum atomic E-state index is -0.269. The summed E-state index contributed by atoms with van der Waals surface area (Å²) < 4.78 is 3.48. The lowest BCUT2D eigenvalue weighted by molar-refractivity contribution is 0.652. The van der Waals surface area contributed by atoms with Crippen LogP contribution in [0.25, 0.3) is 5.52 Å². The smallest absolute Gasteiger partial charge is 0.0797 e. The SMILES string of the molecule is Cn1nncc1C(N)c1cnn2ccccc12. The number of nitrogens with two attached hydrogens (primary N) is 1. The third-order valence-electron chi connectivity index (χ3n) is 2.86. The Morgan fingerprint density at radius 2 is 2.18 bits per heavy atom. The Hall–Kier alpha value is -2.21. The third-order valence-corrected chi connectivity index (χ3v) is 2.86. The van der Waals surface area contributed by atoms with Crippen LogP contribution in [0.15, 0.2) is 36.8 Å². The molecule has 0 saturated heterocycles. The van der Waals surface area contributed by atoms with Gasteiger partial charge in [0.1, 0.15) is 0 Å². The number of aryl methyl sites for hydroxylation is 1. The van der Waals surface area contributed by atoms with Crippen molar-refractivity contribution in [1.29, 1.82) is 0 Å². The molecule has 3 aromatic heterocycles. The maximum Gasteiger partial charge on any atom is 0.0797 e. The Morgan fingerprint density at radius 3 is 2.94 bits per heavy atom. The molecule has 1 unspecified atom stereocenters. The predicted molar refractivity (Wildman–Crippen MR) is 62.2 cm³/mol. The molecule has 0 bridgehead atoms. The van der Waals surface area contributed by atoms with E-state index in [0.29, 0.717) is 0 Å². The van der Waals surface area contributed by atoms with E-state index < -0.39 is 0 Å². The summed E-state index contributed by atoms with van der Waals surface area (Å²) in [6.45, 7) is 0. The summed E-state index contributed by atoms with van der Waals surface area (Å²) in [5.74, 6) is 0. The Kier molecular flexibility index (Phi) is 2.15. The third kappa shape index (κ3) is 1.50. The fourth-order valence-corrected chi connectivity index (χ4v) is 1.93. The second-order valence-corrected chi connectivity index (χ2v) is 3.89. The first-order valence-electron chi connectivity index (χ1n) is 5.30. The molecule has 0 aliphatic rings. The maximum absolute atomic E-state index is 6.22. The van der Waals surface area contributed by atoms with E-state index in [1.807, 2.05) is 31.4 Å². The number of hydrogen-bond donors (Lipinski definition) is 1. The highest BCUT2D eigenvalue weighted by molar-refractivity contribution is 5.56. The summed E-state index contributed by atoms with van der Waals surface area (Å²) in [7, 11) is 1.83. The van der Waals surface area contributed by atoms with Crippen LogP contribution in [0.5, 0.6) is 0 Å². The van der Waals surface area contributed by atoms with Crippen molar-refractivity contribution >= 4 is 5.52 Å². The van der Waals surface area contributed by atoms with Gasteiger partial charge in [-0.15, -0.1) is 5.10 Å². The van der Waals surface area contributed by atoms with Gasteiger partial charge in [0, 0.05) is 18.8 Å². The maximum atomic E-state index is 6.22. The van der Waals surface area contributed by atoms with E-state index in [-0.39, 0.29) is 6.04 Å². The van der Waals surface area contributed by atoms with Gasteiger partial charge in [0.25, 0.3) is 0 Å². The van der Waals surface area contributed by atoms with E-state index in [4.69, 9.17) is 5.73 Å². The second-order valence-electron chi connectivity index (χ2n) is 3.89. The zero-order valence-electron chi connectivity index (χ0n) is 9.35.